The summed E-state index contributed by atoms with van der Waals surface area (Å²) in [5.41, 5.74) is 11.5. The molecule has 2 aromatic rings. The van der Waals surface area contributed by atoms with Crippen molar-refractivity contribution >= 4 is 0 Å². The highest BCUT2D eigenvalue weighted by molar-refractivity contribution is 5.36. The van der Waals surface area contributed by atoms with Crippen molar-refractivity contribution in [2.24, 2.45) is 5.73 Å². The normalized spacial score (nSPS) is 22.6. The third kappa shape index (κ3) is 1.93. The van der Waals surface area contributed by atoms with Gasteiger partial charge < -0.3 is 5.73 Å². The van der Waals surface area contributed by atoms with Crippen molar-refractivity contribution in [2.45, 2.75) is 31.7 Å². The lowest BCUT2D eigenvalue weighted by atomic mass is 9.75. The van der Waals surface area contributed by atoms with Gasteiger partial charge in [-0.25, -0.2) is 0 Å². The molecule has 1 atom stereocenters. The number of aryl methyl sites for hydroxylation is 2. The van der Waals surface area contributed by atoms with E-state index in [1.54, 1.807) is 0 Å². The Morgan fingerprint density at radius 2 is 1.94 bits per heavy atom. The molecule has 1 aromatic carbocycles. The molecule has 1 aliphatic carbocycles. The van der Waals surface area contributed by atoms with E-state index in [-0.39, 0.29) is 5.54 Å². The van der Waals surface area contributed by atoms with Gasteiger partial charge in [0, 0.05) is 17.9 Å². The zero-order valence-electron chi connectivity index (χ0n) is 10.7. The van der Waals surface area contributed by atoms with Crippen LogP contribution in [0.4, 0.5) is 0 Å². The lowest BCUT2D eigenvalue weighted by molar-refractivity contribution is 0.384. The first-order valence-electron chi connectivity index (χ1n) is 6.45. The minimum absolute atomic E-state index is 0.257. The number of aromatic nitrogens is 1. The minimum Gasteiger partial charge on any atom is -0.321 e. The smallest absolute Gasteiger partial charge is 0.0469 e. The molecule has 2 nitrogen and oxygen atoms in total. The van der Waals surface area contributed by atoms with Gasteiger partial charge in [-0.1, -0.05) is 30.3 Å². The van der Waals surface area contributed by atoms with Gasteiger partial charge in [0.25, 0.3) is 0 Å². The van der Waals surface area contributed by atoms with Crippen LogP contribution in [0.25, 0.3) is 0 Å². The van der Waals surface area contributed by atoms with E-state index < -0.39 is 0 Å². The predicted molar refractivity (Wildman–Crippen MR) is 73.3 cm³/mol. The Hall–Kier alpha value is -1.67. The molecule has 18 heavy (non-hydrogen) atoms. The van der Waals surface area contributed by atoms with Crippen LogP contribution in [0.3, 0.4) is 0 Å². The van der Waals surface area contributed by atoms with E-state index in [0.29, 0.717) is 0 Å². The SMILES string of the molecule is Cc1cncc(C2(N)CCc3ccccc3C2)c1. The van der Waals surface area contributed by atoms with E-state index in [0.717, 1.165) is 24.8 Å². The molecule has 0 fully saturated rings. The monoisotopic (exact) mass is 238 g/mol. The number of rotatable bonds is 1. The van der Waals surface area contributed by atoms with Gasteiger partial charge in [-0.3, -0.25) is 4.98 Å². The van der Waals surface area contributed by atoms with Crippen LogP contribution in [0.5, 0.6) is 0 Å². The molecule has 0 saturated heterocycles. The summed E-state index contributed by atoms with van der Waals surface area (Å²) < 4.78 is 0. The molecule has 0 spiro atoms. The molecular weight excluding hydrogens is 220 g/mol. The molecule has 0 saturated carbocycles. The fraction of sp³-hybridized carbons (Fsp3) is 0.312. The Bertz CT molecular complexity index is 577. The van der Waals surface area contributed by atoms with E-state index in [9.17, 15) is 0 Å². The Balaban J connectivity index is 1.99. The van der Waals surface area contributed by atoms with Crippen LogP contribution in [0, 0.1) is 6.92 Å². The van der Waals surface area contributed by atoms with Gasteiger partial charge in [0.2, 0.25) is 0 Å². The largest absolute Gasteiger partial charge is 0.321 e. The summed E-state index contributed by atoms with van der Waals surface area (Å²) in [6, 6.07) is 10.8. The Kier molecular flexibility index (Phi) is 2.67. The van der Waals surface area contributed by atoms with Crippen LogP contribution >= 0.6 is 0 Å². The summed E-state index contributed by atoms with van der Waals surface area (Å²) >= 11 is 0. The molecule has 1 heterocycles. The second-order valence-corrected chi connectivity index (χ2v) is 5.35. The second kappa shape index (κ2) is 4.21. The topological polar surface area (TPSA) is 38.9 Å². The van der Waals surface area contributed by atoms with Crippen molar-refractivity contribution in [3.63, 3.8) is 0 Å². The van der Waals surface area contributed by atoms with E-state index in [1.165, 1.54) is 16.7 Å². The number of hydrogen-bond acceptors (Lipinski definition) is 2. The molecule has 1 aliphatic rings. The van der Waals surface area contributed by atoms with Crippen LogP contribution in [0.2, 0.25) is 0 Å². The molecule has 2 N–H and O–H groups in total. The summed E-state index contributed by atoms with van der Waals surface area (Å²) in [7, 11) is 0. The van der Waals surface area contributed by atoms with E-state index in [1.807, 2.05) is 12.4 Å². The van der Waals surface area contributed by atoms with Crippen LogP contribution in [-0.4, -0.2) is 4.98 Å². The number of benzene rings is 1. The maximum absolute atomic E-state index is 6.62. The van der Waals surface area contributed by atoms with Crippen LogP contribution in [0.15, 0.2) is 42.7 Å². The molecule has 3 rings (SSSR count). The highest BCUT2D eigenvalue weighted by Gasteiger charge is 2.32. The molecular formula is C16H18N2. The van der Waals surface area contributed by atoms with E-state index >= 15 is 0 Å². The number of fused-ring (bicyclic) bond motifs is 1. The lowest BCUT2D eigenvalue weighted by Crippen LogP contribution is -2.42. The van der Waals surface area contributed by atoms with Crippen LogP contribution in [-0.2, 0) is 18.4 Å². The number of pyridine rings is 1. The number of nitrogens with zero attached hydrogens (tertiary/aromatic N) is 1. The van der Waals surface area contributed by atoms with Crippen LogP contribution < -0.4 is 5.73 Å². The molecule has 0 amide bonds. The Labute approximate surface area is 108 Å². The number of hydrogen-bond donors (Lipinski definition) is 1. The lowest BCUT2D eigenvalue weighted by Gasteiger charge is -2.35. The van der Waals surface area contributed by atoms with Crippen molar-refractivity contribution in [1.29, 1.82) is 0 Å². The van der Waals surface area contributed by atoms with Crippen molar-refractivity contribution in [3.8, 4) is 0 Å². The quantitative estimate of drug-likeness (QED) is 0.829. The summed E-state index contributed by atoms with van der Waals surface area (Å²) in [5, 5.41) is 0. The van der Waals surface area contributed by atoms with Gasteiger partial charge in [-0.05, 0) is 48.4 Å². The maximum atomic E-state index is 6.62. The highest BCUT2D eigenvalue weighted by atomic mass is 14.8. The van der Waals surface area contributed by atoms with Gasteiger partial charge >= 0.3 is 0 Å². The maximum Gasteiger partial charge on any atom is 0.0469 e. The first-order chi connectivity index (χ1) is 8.67. The minimum atomic E-state index is -0.257. The zero-order valence-corrected chi connectivity index (χ0v) is 10.7. The Morgan fingerprint density at radius 3 is 2.72 bits per heavy atom. The van der Waals surface area contributed by atoms with Crippen molar-refractivity contribution < 1.29 is 0 Å². The molecule has 0 radical (unpaired) electrons. The zero-order chi connectivity index (χ0) is 12.6. The highest BCUT2D eigenvalue weighted by Crippen LogP contribution is 2.34. The summed E-state index contributed by atoms with van der Waals surface area (Å²) in [4.78, 5) is 4.28. The van der Waals surface area contributed by atoms with Crippen molar-refractivity contribution in [2.75, 3.05) is 0 Å². The van der Waals surface area contributed by atoms with E-state index in [2.05, 4.69) is 42.2 Å². The molecule has 1 unspecified atom stereocenters. The third-order valence-corrected chi connectivity index (χ3v) is 3.91. The molecule has 2 heteroatoms. The summed E-state index contributed by atoms with van der Waals surface area (Å²) in [5.74, 6) is 0. The van der Waals surface area contributed by atoms with Gasteiger partial charge in [0.15, 0.2) is 0 Å². The average Bonchev–Trinajstić information content (AvgIpc) is 2.38. The molecule has 92 valence electrons. The predicted octanol–water partition coefficient (Wildman–Crippen LogP) is 2.73. The van der Waals surface area contributed by atoms with Gasteiger partial charge in [0.05, 0.1) is 0 Å². The van der Waals surface area contributed by atoms with Gasteiger partial charge in [-0.15, -0.1) is 0 Å². The van der Waals surface area contributed by atoms with Crippen LogP contribution in [0.1, 0.15) is 28.7 Å². The summed E-state index contributed by atoms with van der Waals surface area (Å²) in [6.45, 7) is 2.07. The molecule has 1 aromatic heterocycles. The van der Waals surface area contributed by atoms with Crippen molar-refractivity contribution in [3.05, 3.63) is 65.0 Å². The van der Waals surface area contributed by atoms with Gasteiger partial charge in [-0.2, -0.15) is 0 Å². The van der Waals surface area contributed by atoms with Gasteiger partial charge in [0.1, 0.15) is 0 Å². The second-order valence-electron chi connectivity index (χ2n) is 5.35. The standard InChI is InChI=1S/C16H18N2/c1-12-8-15(11-18-10-12)16(17)7-6-13-4-2-3-5-14(13)9-16/h2-5,8,10-11H,6-7,9,17H2,1H3. The fourth-order valence-electron chi connectivity index (χ4n) is 2.83. The first-order valence-corrected chi connectivity index (χ1v) is 6.45. The number of nitrogens with two attached hydrogens (primary N) is 1. The average molecular weight is 238 g/mol. The van der Waals surface area contributed by atoms with E-state index in [4.69, 9.17) is 5.73 Å². The molecule has 0 bridgehead atoms. The summed E-state index contributed by atoms with van der Waals surface area (Å²) in [6.07, 6.45) is 6.76. The fourth-order valence-corrected chi connectivity index (χ4v) is 2.83. The first kappa shape index (κ1) is 11.4. The molecule has 0 aliphatic heterocycles. The third-order valence-electron chi connectivity index (χ3n) is 3.91. The van der Waals surface area contributed by atoms with Crippen molar-refractivity contribution in [1.82, 2.24) is 4.98 Å². The Morgan fingerprint density at radius 1 is 1.17 bits per heavy atom.